The quantitative estimate of drug-likeness (QED) is 0.179. The molecular weight excluding hydrogens is 566 g/mol. The van der Waals surface area contributed by atoms with Gasteiger partial charge in [0.25, 0.3) is 11.6 Å². The number of carbonyl (C=O) groups excluding carboxylic acids is 1. The van der Waals surface area contributed by atoms with Crippen LogP contribution in [0.1, 0.15) is 53.6 Å². The maximum atomic E-state index is 13.4. The average molecular weight is 591 g/mol. The number of benzene rings is 2. The topological polar surface area (TPSA) is 105 Å². The highest BCUT2D eigenvalue weighted by Gasteiger charge is 2.33. The third kappa shape index (κ3) is 5.63. The van der Waals surface area contributed by atoms with Crippen LogP contribution in [0.15, 0.2) is 45.9 Å². The van der Waals surface area contributed by atoms with Gasteiger partial charge in [-0.15, -0.1) is 11.3 Å². The van der Waals surface area contributed by atoms with Gasteiger partial charge in [0.2, 0.25) is 0 Å². The van der Waals surface area contributed by atoms with Gasteiger partial charge in [-0.3, -0.25) is 14.9 Å². The van der Waals surface area contributed by atoms with Gasteiger partial charge in [0, 0.05) is 39.5 Å². The Morgan fingerprint density at radius 3 is 2.64 bits per heavy atom. The molecule has 1 amide bonds. The van der Waals surface area contributed by atoms with Crippen molar-refractivity contribution in [2.75, 3.05) is 5.32 Å². The number of fused-ring (bicyclic) bond motifs is 1. The number of carbonyl (C=O) groups is 1. The third-order valence-corrected chi connectivity index (χ3v) is 8.43. The molecule has 0 saturated heterocycles. The van der Waals surface area contributed by atoms with Gasteiger partial charge in [-0.25, -0.2) is 4.99 Å². The number of thiophene rings is 1. The SMILES string of the molecule is CC(C)(C)[C@@H]1CCc2c(sc(N=Cc3cc([N+](=O)[O-])cc(Br)c3O)c2C(=O)Nc2ccc(Cl)cc2)C1. The van der Waals surface area contributed by atoms with E-state index in [0.717, 1.165) is 29.7 Å². The minimum absolute atomic E-state index is 0.137. The lowest BCUT2D eigenvalue weighted by atomic mass is 9.72. The van der Waals surface area contributed by atoms with Gasteiger partial charge >= 0.3 is 0 Å². The number of nitro groups is 1. The number of nitrogens with zero attached hydrogens (tertiary/aromatic N) is 2. The number of halogens is 2. The summed E-state index contributed by atoms with van der Waals surface area (Å²) in [6, 6.07) is 9.35. The lowest BCUT2D eigenvalue weighted by molar-refractivity contribution is -0.385. The number of amides is 1. The number of hydrogen-bond donors (Lipinski definition) is 2. The van der Waals surface area contributed by atoms with Crippen molar-refractivity contribution in [2.24, 2.45) is 16.3 Å². The molecule has 1 aromatic heterocycles. The van der Waals surface area contributed by atoms with E-state index in [1.54, 1.807) is 24.3 Å². The fourth-order valence-electron chi connectivity index (χ4n) is 4.30. The van der Waals surface area contributed by atoms with Crippen molar-refractivity contribution in [1.82, 2.24) is 0 Å². The van der Waals surface area contributed by atoms with Crippen LogP contribution in [0.2, 0.25) is 5.02 Å². The summed E-state index contributed by atoms with van der Waals surface area (Å²) in [5.74, 6) is 0.0377. The van der Waals surface area contributed by atoms with E-state index in [-0.39, 0.29) is 32.8 Å². The summed E-state index contributed by atoms with van der Waals surface area (Å²) in [4.78, 5) is 29.9. The highest BCUT2D eigenvalue weighted by atomic mass is 79.9. The number of nitro benzene ring substituents is 1. The van der Waals surface area contributed by atoms with Crippen LogP contribution in [0.3, 0.4) is 0 Å². The lowest BCUT2D eigenvalue weighted by Gasteiger charge is -2.33. The van der Waals surface area contributed by atoms with Gasteiger partial charge in [-0.1, -0.05) is 32.4 Å². The Bertz CT molecular complexity index is 1360. The summed E-state index contributed by atoms with van der Waals surface area (Å²) in [5.41, 5.74) is 2.24. The van der Waals surface area contributed by atoms with Gasteiger partial charge in [-0.05, 0) is 76.4 Å². The molecule has 1 aliphatic carbocycles. The zero-order chi connectivity index (χ0) is 26.2. The van der Waals surface area contributed by atoms with Crippen LogP contribution in [0.5, 0.6) is 5.75 Å². The Morgan fingerprint density at radius 2 is 2.00 bits per heavy atom. The molecule has 188 valence electrons. The molecule has 7 nitrogen and oxygen atoms in total. The minimum atomic E-state index is -0.539. The molecule has 36 heavy (non-hydrogen) atoms. The number of phenols is 1. The molecule has 2 aromatic carbocycles. The summed E-state index contributed by atoms with van der Waals surface area (Å²) >= 11 is 10.6. The van der Waals surface area contributed by atoms with Gasteiger partial charge < -0.3 is 10.4 Å². The third-order valence-electron chi connectivity index (χ3n) is 6.41. The number of phenolic OH excluding ortho intramolecular Hbond substituents is 1. The summed E-state index contributed by atoms with van der Waals surface area (Å²) in [7, 11) is 0. The molecule has 4 rings (SSSR count). The Labute approximate surface area is 226 Å². The fourth-order valence-corrected chi connectivity index (χ4v) is 6.16. The molecule has 1 heterocycles. The monoisotopic (exact) mass is 589 g/mol. The summed E-state index contributed by atoms with van der Waals surface area (Å²) in [6.07, 6.45) is 3.95. The van der Waals surface area contributed by atoms with Crippen molar-refractivity contribution < 1.29 is 14.8 Å². The molecule has 1 atom stereocenters. The predicted octanol–water partition coefficient (Wildman–Crippen LogP) is 7.93. The van der Waals surface area contributed by atoms with Crippen LogP contribution in [-0.2, 0) is 12.8 Å². The second kappa shape index (κ2) is 10.3. The fraction of sp³-hybridized carbons (Fsp3) is 0.308. The maximum absolute atomic E-state index is 13.4. The maximum Gasteiger partial charge on any atom is 0.271 e. The van der Waals surface area contributed by atoms with Crippen molar-refractivity contribution in [3.63, 3.8) is 0 Å². The van der Waals surface area contributed by atoms with E-state index in [4.69, 9.17) is 11.6 Å². The van der Waals surface area contributed by atoms with Crippen LogP contribution >= 0.6 is 38.9 Å². The van der Waals surface area contributed by atoms with Crippen molar-refractivity contribution >= 4 is 67.4 Å². The number of rotatable bonds is 5. The van der Waals surface area contributed by atoms with Crippen LogP contribution in [0, 0.1) is 21.4 Å². The van der Waals surface area contributed by atoms with Crippen LogP contribution < -0.4 is 5.32 Å². The lowest BCUT2D eigenvalue weighted by Crippen LogP contribution is -2.27. The first-order chi connectivity index (χ1) is 16.9. The highest BCUT2D eigenvalue weighted by molar-refractivity contribution is 9.10. The van der Waals surface area contributed by atoms with Gasteiger partial charge in [0.15, 0.2) is 0 Å². The van der Waals surface area contributed by atoms with E-state index in [0.29, 0.717) is 27.2 Å². The highest BCUT2D eigenvalue weighted by Crippen LogP contribution is 2.45. The molecule has 0 spiro atoms. The van der Waals surface area contributed by atoms with Crippen molar-refractivity contribution in [1.29, 1.82) is 0 Å². The van der Waals surface area contributed by atoms with E-state index < -0.39 is 4.92 Å². The molecule has 0 bridgehead atoms. The van der Waals surface area contributed by atoms with Crippen molar-refractivity contribution in [3.05, 3.63) is 77.6 Å². The first-order valence-electron chi connectivity index (χ1n) is 11.4. The van der Waals surface area contributed by atoms with E-state index >= 15 is 0 Å². The Hall–Kier alpha value is -2.75. The Morgan fingerprint density at radius 1 is 1.31 bits per heavy atom. The molecule has 10 heteroatoms. The molecule has 0 unspecified atom stereocenters. The smallest absolute Gasteiger partial charge is 0.271 e. The largest absolute Gasteiger partial charge is 0.506 e. The van der Waals surface area contributed by atoms with Gasteiger partial charge in [0.1, 0.15) is 10.8 Å². The molecule has 0 radical (unpaired) electrons. The second-order valence-corrected chi connectivity index (χ2v) is 12.2. The molecule has 0 saturated carbocycles. The van der Waals surface area contributed by atoms with Crippen molar-refractivity contribution in [3.8, 4) is 5.75 Å². The van der Waals surface area contributed by atoms with Crippen LogP contribution in [-0.4, -0.2) is 22.2 Å². The normalized spacial score (nSPS) is 15.6. The number of anilines is 1. The van der Waals surface area contributed by atoms with E-state index in [9.17, 15) is 20.0 Å². The van der Waals surface area contributed by atoms with E-state index in [1.807, 2.05) is 0 Å². The minimum Gasteiger partial charge on any atom is -0.506 e. The molecule has 2 N–H and O–H groups in total. The molecule has 1 aliphatic rings. The molecule has 0 fully saturated rings. The summed E-state index contributed by atoms with van der Waals surface area (Å²) in [5, 5.41) is 25.7. The van der Waals surface area contributed by atoms with E-state index in [1.165, 1.54) is 29.7 Å². The predicted molar refractivity (Wildman–Crippen MR) is 148 cm³/mol. The summed E-state index contributed by atoms with van der Waals surface area (Å²) < 4.78 is 0.192. The number of hydrogen-bond acceptors (Lipinski definition) is 6. The zero-order valence-electron chi connectivity index (χ0n) is 20.0. The number of non-ortho nitro benzene ring substituents is 1. The number of aliphatic imine (C=N–C) groups is 1. The average Bonchev–Trinajstić information content (AvgIpc) is 3.18. The molecular formula is C26H25BrClN3O4S. The van der Waals surface area contributed by atoms with Gasteiger partial charge in [-0.2, -0.15) is 0 Å². The Kier molecular flexibility index (Phi) is 7.54. The van der Waals surface area contributed by atoms with E-state index in [2.05, 4.69) is 47.0 Å². The first-order valence-corrected chi connectivity index (χ1v) is 13.3. The molecule has 3 aromatic rings. The van der Waals surface area contributed by atoms with Crippen LogP contribution in [0.4, 0.5) is 16.4 Å². The molecule has 0 aliphatic heterocycles. The van der Waals surface area contributed by atoms with Gasteiger partial charge in [0.05, 0.1) is 15.0 Å². The Balaban J connectivity index is 1.75. The summed E-state index contributed by atoms with van der Waals surface area (Å²) in [6.45, 7) is 6.69. The van der Waals surface area contributed by atoms with Crippen LogP contribution in [0.25, 0.3) is 0 Å². The van der Waals surface area contributed by atoms with Crippen molar-refractivity contribution in [2.45, 2.75) is 40.0 Å². The first kappa shape index (κ1) is 26.3. The second-order valence-electron chi connectivity index (χ2n) is 9.83. The standard InChI is InChI=1S/C26H25BrClN3O4S/c1-26(2,3)15-4-9-19-21(11-15)36-25(22(19)24(33)30-17-7-5-16(28)6-8-17)29-13-14-10-18(31(34)35)12-20(27)23(14)32/h5-8,10,12-13,15,32H,4,9,11H2,1-3H3,(H,30,33)/t15-/m1/s1. The number of aromatic hydroxyl groups is 1. The number of nitrogens with one attached hydrogen (secondary N) is 1. The zero-order valence-corrected chi connectivity index (χ0v) is 23.1.